The van der Waals surface area contributed by atoms with Crippen LogP contribution in [0.5, 0.6) is 11.5 Å². The largest absolute Gasteiger partial charge is 0.455 e. The average molecular weight is 388 g/mol. The molecule has 0 fully saturated rings. The summed E-state index contributed by atoms with van der Waals surface area (Å²) >= 11 is 0. The van der Waals surface area contributed by atoms with E-state index in [1.807, 2.05) is 0 Å². The van der Waals surface area contributed by atoms with E-state index in [-0.39, 0.29) is 29.2 Å². The Labute approximate surface area is 158 Å². The van der Waals surface area contributed by atoms with E-state index < -0.39 is 17.6 Å². The van der Waals surface area contributed by atoms with E-state index in [2.05, 4.69) is 10.3 Å². The number of halogens is 3. The van der Waals surface area contributed by atoms with Crippen LogP contribution in [0, 0.1) is 6.92 Å². The van der Waals surface area contributed by atoms with E-state index in [1.165, 1.54) is 12.2 Å². The Bertz CT molecular complexity index is 994. The number of nitrogens with zero attached hydrogens (tertiary/aromatic N) is 1. The van der Waals surface area contributed by atoms with Gasteiger partial charge in [-0.15, -0.1) is 0 Å². The standard InChI is InChI=1S/C20H15F3N2O3/c1-12-17(6-3-9-24-12)28-18-8-7-13(20(21,22)23)10-16(18)19(27)25-14-4-2-5-15(26)11-14/h2-4,6-11H,5H2,1H3,(H,25,27). The number of carbonyl (C=O) groups excluding carboxylic acids is 2. The van der Waals surface area contributed by atoms with Gasteiger partial charge in [0.25, 0.3) is 5.91 Å². The number of pyridine rings is 1. The first-order valence-corrected chi connectivity index (χ1v) is 8.27. The number of hydrogen-bond acceptors (Lipinski definition) is 4. The molecule has 0 saturated carbocycles. The van der Waals surface area contributed by atoms with Gasteiger partial charge in [-0.2, -0.15) is 13.2 Å². The highest BCUT2D eigenvalue weighted by Gasteiger charge is 2.32. The van der Waals surface area contributed by atoms with Gasteiger partial charge in [0.2, 0.25) is 0 Å². The van der Waals surface area contributed by atoms with Crippen molar-refractivity contribution in [3.8, 4) is 11.5 Å². The predicted molar refractivity (Wildman–Crippen MR) is 94.8 cm³/mol. The second-order valence-electron chi connectivity index (χ2n) is 6.02. The van der Waals surface area contributed by atoms with Crippen LogP contribution in [0.4, 0.5) is 13.2 Å². The molecule has 0 radical (unpaired) electrons. The highest BCUT2D eigenvalue weighted by Crippen LogP contribution is 2.34. The second-order valence-corrected chi connectivity index (χ2v) is 6.02. The van der Waals surface area contributed by atoms with Gasteiger partial charge in [-0.3, -0.25) is 14.6 Å². The number of alkyl halides is 3. The molecule has 2 aromatic rings. The van der Waals surface area contributed by atoms with Crippen molar-refractivity contribution in [2.75, 3.05) is 0 Å². The number of rotatable bonds is 4. The summed E-state index contributed by atoms with van der Waals surface area (Å²) in [6, 6.07) is 5.83. The van der Waals surface area contributed by atoms with Crippen LogP contribution in [-0.2, 0) is 11.0 Å². The van der Waals surface area contributed by atoms with Gasteiger partial charge < -0.3 is 10.1 Å². The smallest absolute Gasteiger partial charge is 0.416 e. The Morgan fingerprint density at radius 2 is 2.00 bits per heavy atom. The maximum absolute atomic E-state index is 13.1. The Hall–Kier alpha value is -3.42. The van der Waals surface area contributed by atoms with Crippen molar-refractivity contribution in [1.82, 2.24) is 10.3 Å². The summed E-state index contributed by atoms with van der Waals surface area (Å²) in [4.78, 5) is 28.1. The lowest BCUT2D eigenvalue weighted by atomic mass is 10.1. The summed E-state index contributed by atoms with van der Waals surface area (Å²) in [5.74, 6) is -0.797. The number of benzene rings is 1. The fraction of sp³-hybridized carbons (Fsp3) is 0.150. The van der Waals surface area contributed by atoms with Gasteiger partial charge in [0.15, 0.2) is 5.78 Å². The van der Waals surface area contributed by atoms with Crippen LogP contribution in [0.15, 0.2) is 60.5 Å². The van der Waals surface area contributed by atoms with Crippen LogP contribution in [0.3, 0.4) is 0 Å². The molecule has 5 nitrogen and oxygen atoms in total. The van der Waals surface area contributed by atoms with Crippen LogP contribution in [0.2, 0.25) is 0 Å². The number of allylic oxidation sites excluding steroid dienone is 3. The normalized spacial score (nSPS) is 13.9. The molecule has 3 rings (SSSR count). The molecule has 1 N–H and O–H groups in total. The zero-order chi connectivity index (χ0) is 20.3. The first kappa shape index (κ1) is 19.3. The van der Waals surface area contributed by atoms with E-state index in [4.69, 9.17) is 4.74 Å². The molecule has 1 aromatic carbocycles. The molecular weight excluding hydrogens is 373 g/mol. The van der Waals surface area contributed by atoms with Gasteiger partial charge >= 0.3 is 6.18 Å². The zero-order valence-corrected chi connectivity index (χ0v) is 14.7. The summed E-state index contributed by atoms with van der Waals surface area (Å²) in [6.07, 6.45) is 1.41. The van der Waals surface area contributed by atoms with Crippen molar-refractivity contribution >= 4 is 11.7 Å². The van der Waals surface area contributed by atoms with Gasteiger partial charge in [0, 0.05) is 24.4 Å². The second kappa shape index (κ2) is 7.67. The number of carbonyl (C=O) groups is 2. The van der Waals surface area contributed by atoms with Gasteiger partial charge in [0.1, 0.15) is 11.5 Å². The van der Waals surface area contributed by atoms with E-state index in [0.29, 0.717) is 17.5 Å². The quantitative estimate of drug-likeness (QED) is 0.846. The van der Waals surface area contributed by atoms with Gasteiger partial charge in [-0.25, -0.2) is 0 Å². The molecule has 1 aliphatic rings. The molecule has 0 atom stereocenters. The van der Waals surface area contributed by atoms with E-state index in [0.717, 1.165) is 12.1 Å². The van der Waals surface area contributed by atoms with Crippen molar-refractivity contribution in [3.63, 3.8) is 0 Å². The molecular formula is C20H15F3N2O3. The molecule has 144 valence electrons. The number of ketones is 1. The number of ether oxygens (including phenoxy) is 1. The van der Waals surface area contributed by atoms with E-state index >= 15 is 0 Å². The lowest BCUT2D eigenvalue weighted by molar-refractivity contribution is -0.137. The number of aryl methyl sites for hydroxylation is 1. The summed E-state index contributed by atoms with van der Waals surface area (Å²) in [5.41, 5.74) is -0.595. The minimum absolute atomic E-state index is 0.0617. The number of hydrogen-bond donors (Lipinski definition) is 1. The van der Waals surface area contributed by atoms with Crippen molar-refractivity contribution < 1.29 is 27.5 Å². The Kier molecular flexibility index (Phi) is 5.30. The molecule has 0 spiro atoms. The van der Waals surface area contributed by atoms with Crippen LogP contribution >= 0.6 is 0 Å². The molecule has 28 heavy (non-hydrogen) atoms. The molecule has 0 unspecified atom stereocenters. The molecule has 8 heteroatoms. The maximum Gasteiger partial charge on any atom is 0.416 e. The maximum atomic E-state index is 13.1. The van der Waals surface area contributed by atoms with Crippen molar-refractivity contribution in [1.29, 1.82) is 0 Å². The predicted octanol–water partition coefficient (Wildman–Crippen LogP) is 4.34. The van der Waals surface area contributed by atoms with Gasteiger partial charge in [-0.05, 0) is 43.3 Å². The molecule has 1 aliphatic carbocycles. The average Bonchev–Trinajstić information content (AvgIpc) is 2.63. The van der Waals surface area contributed by atoms with Gasteiger partial charge in [-0.1, -0.05) is 6.08 Å². The lowest BCUT2D eigenvalue weighted by Gasteiger charge is -2.16. The molecule has 0 bridgehead atoms. The summed E-state index contributed by atoms with van der Waals surface area (Å²) in [5, 5.41) is 2.44. The Balaban J connectivity index is 1.98. The van der Waals surface area contributed by atoms with E-state index in [9.17, 15) is 22.8 Å². The minimum Gasteiger partial charge on any atom is -0.455 e. The third kappa shape index (κ3) is 4.46. The first-order chi connectivity index (χ1) is 13.2. The highest BCUT2D eigenvalue weighted by molar-refractivity contribution is 6.00. The first-order valence-electron chi connectivity index (χ1n) is 8.27. The summed E-state index contributed by atoms with van der Waals surface area (Å²) in [6.45, 7) is 1.67. The Morgan fingerprint density at radius 3 is 2.68 bits per heavy atom. The minimum atomic E-state index is -4.63. The third-order valence-corrected chi connectivity index (χ3v) is 3.92. The molecule has 0 aliphatic heterocycles. The fourth-order valence-corrected chi connectivity index (χ4v) is 2.53. The highest BCUT2D eigenvalue weighted by atomic mass is 19.4. The van der Waals surface area contributed by atoms with Crippen molar-refractivity contribution in [3.05, 3.63) is 77.3 Å². The molecule has 1 heterocycles. The number of nitrogens with one attached hydrogen (secondary N) is 1. The number of aromatic nitrogens is 1. The van der Waals surface area contributed by atoms with Crippen molar-refractivity contribution in [2.45, 2.75) is 19.5 Å². The summed E-state index contributed by atoms with van der Waals surface area (Å²) < 4.78 is 45.0. The van der Waals surface area contributed by atoms with Crippen LogP contribution in [0.25, 0.3) is 0 Å². The Morgan fingerprint density at radius 1 is 1.21 bits per heavy atom. The fourth-order valence-electron chi connectivity index (χ4n) is 2.53. The third-order valence-electron chi connectivity index (χ3n) is 3.92. The number of amides is 1. The summed E-state index contributed by atoms with van der Waals surface area (Å²) in [7, 11) is 0. The van der Waals surface area contributed by atoms with Crippen LogP contribution < -0.4 is 10.1 Å². The molecule has 1 aromatic heterocycles. The lowest BCUT2D eigenvalue weighted by Crippen LogP contribution is -2.24. The molecule has 0 saturated heterocycles. The topological polar surface area (TPSA) is 68.3 Å². The van der Waals surface area contributed by atoms with E-state index in [1.54, 1.807) is 31.3 Å². The van der Waals surface area contributed by atoms with Gasteiger partial charge in [0.05, 0.1) is 16.8 Å². The van der Waals surface area contributed by atoms with Crippen molar-refractivity contribution in [2.24, 2.45) is 0 Å². The molecule has 1 amide bonds. The monoisotopic (exact) mass is 388 g/mol. The zero-order valence-electron chi connectivity index (χ0n) is 14.7. The SMILES string of the molecule is Cc1ncccc1Oc1ccc(C(F)(F)F)cc1C(=O)NC1=CC(=O)CC=C1. The van der Waals surface area contributed by atoms with Crippen LogP contribution in [0.1, 0.15) is 28.0 Å². The van der Waals surface area contributed by atoms with Crippen LogP contribution in [-0.4, -0.2) is 16.7 Å².